The first kappa shape index (κ1) is 18.2. The molecule has 0 saturated carbocycles. The lowest BCUT2D eigenvalue weighted by Crippen LogP contribution is -2.51. The maximum absolute atomic E-state index is 12.6. The lowest BCUT2D eigenvalue weighted by Gasteiger charge is -2.36. The summed E-state index contributed by atoms with van der Waals surface area (Å²) in [6.45, 7) is 1.95. The van der Waals surface area contributed by atoms with Gasteiger partial charge in [0.1, 0.15) is 0 Å². The third-order valence-electron chi connectivity index (χ3n) is 5.02. The highest BCUT2D eigenvalue weighted by molar-refractivity contribution is 7.86. The normalized spacial score (nSPS) is 24.4. The topological polar surface area (TPSA) is 73.0 Å². The summed E-state index contributed by atoms with van der Waals surface area (Å²) in [5, 5.41) is 2.97. The minimum absolute atomic E-state index is 0.0655. The number of amides is 2. The lowest BCUT2D eigenvalue weighted by atomic mass is 9.95. The summed E-state index contributed by atoms with van der Waals surface area (Å²) in [5.74, 6) is 0.191. The van der Waals surface area contributed by atoms with Crippen LogP contribution in [0, 0.1) is 5.92 Å². The molecule has 3 saturated heterocycles. The number of carbonyl (C=O) groups excluding carboxylic acids is 1. The van der Waals surface area contributed by atoms with Gasteiger partial charge in [0.05, 0.1) is 0 Å². The van der Waals surface area contributed by atoms with Crippen molar-refractivity contribution in [2.75, 3.05) is 33.7 Å². The molecule has 0 spiro atoms. The standard InChI is InChI=1S/C17H26N4O3S/c1-19(2)25(23,24)20-11-15-8-9-16(13-20)21(12-15)17(22)18-10-14-6-4-3-5-7-14/h3-7,15-16H,8-13H2,1-2H3,(H,18,22)/t15-,16+/m0/s1. The Balaban J connectivity index is 1.67. The summed E-state index contributed by atoms with van der Waals surface area (Å²) in [6, 6.07) is 9.60. The van der Waals surface area contributed by atoms with Crippen molar-refractivity contribution in [1.29, 1.82) is 0 Å². The van der Waals surface area contributed by atoms with Crippen molar-refractivity contribution < 1.29 is 13.2 Å². The quantitative estimate of drug-likeness (QED) is 0.867. The van der Waals surface area contributed by atoms with E-state index in [9.17, 15) is 13.2 Å². The monoisotopic (exact) mass is 366 g/mol. The predicted octanol–water partition coefficient (Wildman–Crippen LogP) is 1.10. The lowest BCUT2D eigenvalue weighted by molar-refractivity contribution is 0.141. The molecule has 1 N–H and O–H groups in total. The van der Waals surface area contributed by atoms with E-state index in [4.69, 9.17) is 0 Å². The van der Waals surface area contributed by atoms with Gasteiger partial charge in [0.25, 0.3) is 10.2 Å². The molecule has 1 aromatic rings. The smallest absolute Gasteiger partial charge is 0.317 e. The van der Waals surface area contributed by atoms with Crippen LogP contribution in [-0.2, 0) is 16.8 Å². The van der Waals surface area contributed by atoms with Crippen LogP contribution in [0.15, 0.2) is 30.3 Å². The molecule has 3 heterocycles. The number of hydrogen-bond acceptors (Lipinski definition) is 3. The number of nitrogens with zero attached hydrogens (tertiary/aromatic N) is 3. The average Bonchev–Trinajstić information content (AvgIpc) is 2.93. The van der Waals surface area contributed by atoms with Gasteiger partial charge in [-0.15, -0.1) is 0 Å². The molecule has 4 rings (SSSR count). The minimum Gasteiger partial charge on any atom is -0.334 e. The van der Waals surface area contributed by atoms with E-state index in [-0.39, 0.29) is 18.0 Å². The zero-order valence-electron chi connectivity index (χ0n) is 14.8. The highest BCUT2D eigenvalue weighted by Crippen LogP contribution is 2.29. The van der Waals surface area contributed by atoms with E-state index in [1.54, 1.807) is 14.1 Å². The number of rotatable bonds is 4. The molecule has 25 heavy (non-hydrogen) atoms. The second-order valence-electron chi connectivity index (χ2n) is 7.00. The van der Waals surface area contributed by atoms with Gasteiger partial charge in [0.15, 0.2) is 0 Å². The Labute approximate surface area is 149 Å². The van der Waals surface area contributed by atoms with Gasteiger partial charge < -0.3 is 10.2 Å². The van der Waals surface area contributed by atoms with E-state index in [1.807, 2.05) is 35.2 Å². The summed E-state index contributed by atoms with van der Waals surface area (Å²) >= 11 is 0. The fourth-order valence-corrected chi connectivity index (χ4v) is 4.80. The number of piperidine rings is 1. The Morgan fingerprint density at radius 2 is 1.88 bits per heavy atom. The van der Waals surface area contributed by atoms with Crippen LogP contribution in [-0.4, -0.2) is 67.7 Å². The largest absolute Gasteiger partial charge is 0.334 e. The van der Waals surface area contributed by atoms with E-state index in [2.05, 4.69) is 5.32 Å². The second-order valence-corrected chi connectivity index (χ2v) is 9.14. The van der Waals surface area contributed by atoms with Crippen LogP contribution in [0.4, 0.5) is 4.79 Å². The van der Waals surface area contributed by atoms with Crippen molar-refractivity contribution in [3.8, 4) is 0 Å². The molecule has 3 aliphatic rings. The van der Waals surface area contributed by atoms with Gasteiger partial charge in [-0.3, -0.25) is 0 Å². The van der Waals surface area contributed by atoms with Gasteiger partial charge in [0.2, 0.25) is 0 Å². The van der Waals surface area contributed by atoms with Crippen LogP contribution in [0.1, 0.15) is 18.4 Å². The third kappa shape index (κ3) is 3.96. The molecular formula is C17H26N4O3S. The van der Waals surface area contributed by atoms with Gasteiger partial charge in [-0.2, -0.15) is 17.0 Å². The summed E-state index contributed by atoms with van der Waals surface area (Å²) in [4.78, 5) is 14.5. The van der Waals surface area contributed by atoms with E-state index >= 15 is 0 Å². The number of nitrogens with one attached hydrogen (secondary N) is 1. The van der Waals surface area contributed by atoms with Gasteiger partial charge in [-0.05, 0) is 24.3 Å². The molecule has 0 aliphatic carbocycles. The molecule has 2 atom stereocenters. The molecular weight excluding hydrogens is 340 g/mol. The van der Waals surface area contributed by atoms with E-state index < -0.39 is 10.2 Å². The fraction of sp³-hybridized carbons (Fsp3) is 0.588. The molecule has 2 bridgehead atoms. The number of carbonyl (C=O) groups is 1. The molecule has 0 unspecified atom stereocenters. The number of hydrogen-bond donors (Lipinski definition) is 1. The molecule has 1 aromatic carbocycles. The highest BCUT2D eigenvalue weighted by atomic mass is 32.2. The molecule has 3 aliphatic heterocycles. The summed E-state index contributed by atoms with van der Waals surface area (Å²) in [7, 11) is -0.349. The van der Waals surface area contributed by atoms with E-state index in [1.165, 1.54) is 8.61 Å². The summed E-state index contributed by atoms with van der Waals surface area (Å²) in [5.41, 5.74) is 1.05. The highest BCUT2D eigenvalue weighted by Gasteiger charge is 2.41. The van der Waals surface area contributed by atoms with Crippen LogP contribution < -0.4 is 5.32 Å². The first-order chi connectivity index (χ1) is 11.9. The van der Waals surface area contributed by atoms with Crippen LogP contribution in [0.2, 0.25) is 0 Å². The maximum Gasteiger partial charge on any atom is 0.317 e. The Kier molecular flexibility index (Phi) is 5.31. The van der Waals surface area contributed by atoms with Crippen LogP contribution in [0.5, 0.6) is 0 Å². The van der Waals surface area contributed by atoms with Crippen molar-refractivity contribution in [2.24, 2.45) is 5.92 Å². The Hall–Kier alpha value is -1.64. The van der Waals surface area contributed by atoms with Crippen molar-refractivity contribution in [2.45, 2.75) is 25.4 Å². The van der Waals surface area contributed by atoms with Crippen LogP contribution in [0.3, 0.4) is 0 Å². The molecule has 8 heteroatoms. The van der Waals surface area contributed by atoms with Crippen molar-refractivity contribution in [3.05, 3.63) is 35.9 Å². The molecule has 7 nitrogen and oxygen atoms in total. The minimum atomic E-state index is -3.45. The first-order valence-electron chi connectivity index (χ1n) is 8.64. The van der Waals surface area contributed by atoms with Crippen molar-refractivity contribution in [3.63, 3.8) is 0 Å². The second kappa shape index (κ2) is 7.31. The predicted molar refractivity (Wildman–Crippen MR) is 96.1 cm³/mol. The zero-order chi connectivity index (χ0) is 18.0. The van der Waals surface area contributed by atoms with Gasteiger partial charge >= 0.3 is 6.03 Å². The van der Waals surface area contributed by atoms with E-state index in [0.717, 1.165) is 18.4 Å². The fourth-order valence-electron chi connectivity index (χ4n) is 3.58. The summed E-state index contributed by atoms with van der Waals surface area (Å²) < 4.78 is 27.7. The summed E-state index contributed by atoms with van der Waals surface area (Å²) in [6.07, 6.45) is 1.81. The average molecular weight is 366 g/mol. The van der Waals surface area contributed by atoms with Gasteiger partial charge in [0, 0.05) is 46.3 Å². The first-order valence-corrected chi connectivity index (χ1v) is 10.0. The van der Waals surface area contributed by atoms with Crippen LogP contribution in [0.25, 0.3) is 0 Å². The molecule has 0 aromatic heterocycles. The maximum atomic E-state index is 12.6. The Morgan fingerprint density at radius 1 is 1.16 bits per heavy atom. The van der Waals surface area contributed by atoms with Gasteiger partial charge in [-0.25, -0.2) is 4.79 Å². The molecule has 0 radical (unpaired) electrons. The zero-order valence-corrected chi connectivity index (χ0v) is 15.6. The molecule has 138 valence electrons. The van der Waals surface area contributed by atoms with E-state index in [0.29, 0.717) is 26.2 Å². The Bertz CT molecular complexity index is 708. The molecule has 2 amide bonds. The third-order valence-corrected chi connectivity index (χ3v) is 6.89. The van der Waals surface area contributed by atoms with Crippen molar-refractivity contribution in [1.82, 2.24) is 18.8 Å². The molecule has 3 fully saturated rings. The number of fused-ring (bicyclic) bond motifs is 4. The number of benzene rings is 1. The number of urea groups is 1. The Morgan fingerprint density at radius 3 is 2.56 bits per heavy atom. The van der Waals surface area contributed by atoms with Crippen molar-refractivity contribution >= 4 is 16.2 Å². The van der Waals surface area contributed by atoms with Crippen LogP contribution >= 0.6 is 0 Å². The van der Waals surface area contributed by atoms with Gasteiger partial charge in [-0.1, -0.05) is 30.3 Å². The SMILES string of the molecule is CN(C)S(=O)(=O)N1C[C@@H]2CC[C@H](C1)N(C(=O)NCc1ccccc1)C2.